The number of pyridine rings is 1. The van der Waals surface area contributed by atoms with Gasteiger partial charge >= 0.3 is 0 Å². The van der Waals surface area contributed by atoms with Gasteiger partial charge in [-0.15, -0.1) is 5.10 Å². The summed E-state index contributed by atoms with van der Waals surface area (Å²) in [5, 5.41) is 8.38. The number of nitrogens with zero attached hydrogens (tertiary/aromatic N) is 6. The van der Waals surface area contributed by atoms with Crippen LogP contribution in [0.4, 0.5) is 5.69 Å². The van der Waals surface area contributed by atoms with Gasteiger partial charge in [0, 0.05) is 43.1 Å². The first kappa shape index (κ1) is 19.2. The molecular formula is C24H24N6O. The Morgan fingerprint density at radius 3 is 2.68 bits per heavy atom. The monoisotopic (exact) mass is 412 g/mol. The summed E-state index contributed by atoms with van der Waals surface area (Å²) >= 11 is 0. The predicted molar refractivity (Wildman–Crippen MR) is 121 cm³/mol. The van der Waals surface area contributed by atoms with Crippen LogP contribution in [0, 0.1) is 6.92 Å². The van der Waals surface area contributed by atoms with Crippen LogP contribution in [0.1, 0.15) is 22.8 Å². The van der Waals surface area contributed by atoms with E-state index in [9.17, 15) is 4.79 Å². The van der Waals surface area contributed by atoms with Gasteiger partial charge in [0.05, 0.1) is 5.69 Å². The van der Waals surface area contributed by atoms with Crippen molar-refractivity contribution in [3.8, 4) is 5.69 Å². The molecule has 3 heterocycles. The summed E-state index contributed by atoms with van der Waals surface area (Å²) in [6.45, 7) is 6.47. The van der Waals surface area contributed by atoms with Gasteiger partial charge in [-0.2, -0.15) is 4.68 Å². The second kappa shape index (κ2) is 7.83. The molecule has 0 bridgehead atoms. The van der Waals surface area contributed by atoms with Crippen molar-refractivity contribution in [2.24, 2.45) is 0 Å². The molecule has 0 radical (unpaired) electrons. The maximum atomic E-state index is 13.3. The third kappa shape index (κ3) is 3.63. The Balaban J connectivity index is 1.36. The highest BCUT2D eigenvalue weighted by atomic mass is 16.2. The summed E-state index contributed by atoms with van der Waals surface area (Å²) in [5.41, 5.74) is 5.28. The molecule has 4 aromatic rings. The number of carbonyl (C=O) groups is 1. The lowest BCUT2D eigenvalue weighted by Gasteiger charge is -2.41. The molecular weight excluding hydrogens is 388 g/mol. The molecule has 1 atom stereocenters. The minimum Gasteiger partial charge on any atom is -0.365 e. The molecule has 0 spiro atoms. The number of fused-ring (bicyclic) bond motifs is 1. The summed E-state index contributed by atoms with van der Waals surface area (Å²) in [6, 6.07) is 20.0. The number of rotatable bonds is 3. The maximum Gasteiger partial charge on any atom is 0.254 e. The van der Waals surface area contributed by atoms with E-state index in [-0.39, 0.29) is 11.9 Å². The van der Waals surface area contributed by atoms with E-state index in [1.165, 1.54) is 11.3 Å². The fourth-order valence-electron chi connectivity index (χ4n) is 4.22. The van der Waals surface area contributed by atoms with E-state index in [0.717, 1.165) is 17.7 Å². The van der Waals surface area contributed by atoms with Gasteiger partial charge in [-0.05, 0) is 61.9 Å². The lowest BCUT2D eigenvalue weighted by molar-refractivity contribution is 0.0726. The zero-order valence-corrected chi connectivity index (χ0v) is 17.6. The molecule has 2 aromatic heterocycles. The molecule has 1 fully saturated rings. The molecule has 2 aromatic carbocycles. The molecule has 7 heteroatoms. The van der Waals surface area contributed by atoms with E-state index in [0.29, 0.717) is 24.3 Å². The zero-order valence-electron chi connectivity index (χ0n) is 17.6. The number of benzene rings is 2. The van der Waals surface area contributed by atoms with E-state index in [2.05, 4.69) is 58.3 Å². The average molecular weight is 412 g/mol. The van der Waals surface area contributed by atoms with Crippen molar-refractivity contribution in [2.45, 2.75) is 19.9 Å². The topological polar surface area (TPSA) is 67.2 Å². The summed E-state index contributed by atoms with van der Waals surface area (Å²) < 4.78 is 1.67. The van der Waals surface area contributed by atoms with Crippen LogP contribution in [0.3, 0.4) is 0 Å². The summed E-state index contributed by atoms with van der Waals surface area (Å²) in [4.78, 5) is 22.0. The molecule has 0 saturated carbocycles. The highest BCUT2D eigenvalue weighted by Gasteiger charge is 2.27. The van der Waals surface area contributed by atoms with Crippen molar-refractivity contribution in [1.29, 1.82) is 0 Å². The van der Waals surface area contributed by atoms with Crippen molar-refractivity contribution in [1.82, 2.24) is 24.9 Å². The first-order valence-electron chi connectivity index (χ1n) is 10.5. The normalized spacial score (nSPS) is 16.6. The minimum absolute atomic E-state index is 0.0370. The van der Waals surface area contributed by atoms with Gasteiger partial charge in [-0.1, -0.05) is 23.4 Å². The van der Waals surface area contributed by atoms with Crippen LogP contribution in [0.15, 0.2) is 66.9 Å². The number of carbonyl (C=O) groups excluding carboxylic acids is 1. The maximum absolute atomic E-state index is 13.3. The van der Waals surface area contributed by atoms with Crippen LogP contribution in [-0.4, -0.2) is 56.5 Å². The molecule has 0 N–H and O–H groups in total. The molecule has 31 heavy (non-hydrogen) atoms. The van der Waals surface area contributed by atoms with E-state index in [1.54, 1.807) is 10.9 Å². The number of aromatic nitrogens is 4. The van der Waals surface area contributed by atoms with E-state index < -0.39 is 0 Å². The number of hydrogen-bond acceptors (Lipinski definition) is 5. The smallest absolute Gasteiger partial charge is 0.254 e. The number of anilines is 1. The molecule has 7 nitrogen and oxygen atoms in total. The van der Waals surface area contributed by atoms with E-state index >= 15 is 0 Å². The first-order chi connectivity index (χ1) is 15.1. The molecule has 1 amide bonds. The predicted octanol–water partition coefficient (Wildman–Crippen LogP) is 3.47. The van der Waals surface area contributed by atoms with Crippen molar-refractivity contribution in [3.63, 3.8) is 0 Å². The van der Waals surface area contributed by atoms with Crippen LogP contribution in [-0.2, 0) is 0 Å². The average Bonchev–Trinajstić information content (AvgIpc) is 3.23. The largest absolute Gasteiger partial charge is 0.365 e. The Labute approximate surface area is 180 Å². The van der Waals surface area contributed by atoms with E-state index in [1.807, 2.05) is 41.3 Å². The van der Waals surface area contributed by atoms with Crippen molar-refractivity contribution in [2.75, 3.05) is 24.5 Å². The molecule has 1 saturated heterocycles. The van der Waals surface area contributed by atoms with Crippen molar-refractivity contribution in [3.05, 3.63) is 78.0 Å². The number of hydrogen-bond donors (Lipinski definition) is 0. The van der Waals surface area contributed by atoms with Gasteiger partial charge in [0.2, 0.25) is 0 Å². The molecule has 1 unspecified atom stereocenters. The van der Waals surface area contributed by atoms with Crippen LogP contribution in [0.2, 0.25) is 0 Å². The van der Waals surface area contributed by atoms with Crippen LogP contribution in [0.5, 0.6) is 0 Å². The highest BCUT2D eigenvalue weighted by Crippen LogP contribution is 2.23. The second-order valence-corrected chi connectivity index (χ2v) is 8.03. The third-order valence-electron chi connectivity index (χ3n) is 5.79. The Bertz CT molecular complexity index is 1250. The fraction of sp³-hybridized carbons (Fsp3) is 0.250. The number of piperazine rings is 1. The van der Waals surface area contributed by atoms with Gasteiger partial charge in [-0.25, -0.2) is 4.98 Å². The summed E-state index contributed by atoms with van der Waals surface area (Å²) in [5.74, 6) is 0.0370. The van der Waals surface area contributed by atoms with Crippen LogP contribution < -0.4 is 4.90 Å². The third-order valence-corrected chi connectivity index (χ3v) is 5.79. The molecule has 5 rings (SSSR count). The summed E-state index contributed by atoms with van der Waals surface area (Å²) in [7, 11) is 0. The lowest BCUT2D eigenvalue weighted by Crippen LogP contribution is -2.53. The van der Waals surface area contributed by atoms with Crippen molar-refractivity contribution < 1.29 is 4.79 Å². The second-order valence-electron chi connectivity index (χ2n) is 8.03. The molecule has 1 aliphatic heterocycles. The standard InChI is InChI=1S/C24H24N6O/c1-17-6-3-8-20(14-17)29-13-12-28(16-18(29)2)24(31)19-7-4-9-21(15-19)30-23-22(26-27-30)10-5-11-25-23/h3-11,14-15,18H,12-13,16H2,1-2H3. The summed E-state index contributed by atoms with van der Waals surface area (Å²) in [6.07, 6.45) is 1.71. The lowest BCUT2D eigenvalue weighted by atomic mass is 10.1. The zero-order chi connectivity index (χ0) is 21.4. The first-order valence-corrected chi connectivity index (χ1v) is 10.5. The van der Waals surface area contributed by atoms with Gasteiger partial charge in [-0.3, -0.25) is 4.79 Å². The van der Waals surface area contributed by atoms with Gasteiger partial charge in [0.1, 0.15) is 5.52 Å². The Morgan fingerprint density at radius 1 is 1.00 bits per heavy atom. The fourth-order valence-corrected chi connectivity index (χ4v) is 4.22. The quantitative estimate of drug-likeness (QED) is 0.515. The van der Waals surface area contributed by atoms with Crippen LogP contribution in [0.25, 0.3) is 16.9 Å². The van der Waals surface area contributed by atoms with Gasteiger partial charge in [0.15, 0.2) is 5.65 Å². The van der Waals surface area contributed by atoms with E-state index in [4.69, 9.17) is 0 Å². The SMILES string of the molecule is Cc1cccc(N2CCN(C(=O)c3cccc(-n4nnc5cccnc54)c3)CC2C)c1. The van der Waals surface area contributed by atoms with Crippen LogP contribution >= 0.6 is 0 Å². The molecule has 1 aliphatic rings. The highest BCUT2D eigenvalue weighted by molar-refractivity contribution is 5.95. The Morgan fingerprint density at radius 2 is 1.84 bits per heavy atom. The molecule has 0 aliphatic carbocycles. The minimum atomic E-state index is 0.0370. The molecule has 156 valence electrons. The number of aryl methyl sites for hydroxylation is 1. The van der Waals surface area contributed by atoms with Gasteiger partial charge < -0.3 is 9.80 Å². The number of amides is 1. The Kier molecular flexibility index (Phi) is 4.86. The van der Waals surface area contributed by atoms with Gasteiger partial charge in [0.25, 0.3) is 5.91 Å². The Hall–Kier alpha value is -3.74. The van der Waals surface area contributed by atoms with Crippen molar-refractivity contribution >= 4 is 22.8 Å².